The van der Waals surface area contributed by atoms with Gasteiger partial charge in [0.2, 0.25) is 5.91 Å². The molecule has 0 fully saturated rings. The van der Waals surface area contributed by atoms with E-state index in [-0.39, 0.29) is 9.79 Å². The number of alkyl halides is 3. The maximum absolute atomic E-state index is 12.9. The predicted molar refractivity (Wildman–Crippen MR) is 98.7 cm³/mol. The van der Waals surface area contributed by atoms with Crippen molar-refractivity contribution in [2.24, 2.45) is 0 Å². The van der Waals surface area contributed by atoms with Crippen LogP contribution in [0, 0.1) is 0 Å². The summed E-state index contributed by atoms with van der Waals surface area (Å²) in [5.74, 6) is -1.56. The van der Waals surface area contributed by atoms with Gasteiger partial charge in [0.05, 0.1) is 15.4 Å². The summed E-state index contributed by atoms with van der Waals surface area (Å²) < 4.78 is 85.0. The van der Waals surface area contributed by atoms with Crippen LogP contribution in [0.5, 0.6) is 0 Å². The minimum Gasteiger partial charge on any atom is -0.309 e. The molecule has 0 bridgehead atoms. The van der Waals surface area contributed by atoms with E-state index < -0.39 is 47.9 Å². The largest absolute Gasteiger partial charge is 0.416 e. The Hall–Kier alpha value is -2.47. The number of aromatic nitrogens is 1. The number of anilines is 1. The van der Waals surface area contributed by atoms with Gasteiger partial charge < -0.3 is 5.32 Å². The third-order valence-electron chi connectivity index (χ3n) is 4.11. The van der Waals surface area contributed by atoms with Crippen molar-refractivity contribution in [2.75, 3.05) is 11.6 Å². The number of sulfone groups is 2. The van der Waals surface area contributed by atoms with Crippen LogP contribution in [0.4, 0.5) is 19.0 Å². The summed E-state index contributed by atoms with van der Waals surface area (Å²) in [4.78, 5) is 15.7. The highest BCUT2D eigenvalue weighted by Crippen LogP contribution is 2.31. The van der Waals surface area contributed by atoms with Crippen molar-refractivity contribution in [3.63, 3.8) is 0 Å². The van der Waals surface area contributed by atoms with Gasteiger partial charge in [-0.2, -0.15) is 13.2 Å². The van der Waals surface area contributed by atoms with E-state index in [1.807, 2.05) is 0 Å². The Balaban J connectivity index is 2.34. The first-order valence-corrected chi connectivity index (χ1v) is 11.3. The van der Waals surface area contributed by atoms with Gasteiger partial charge in [-0.1, -0.05) is 0 Å². The number of rotatable bonds is 5. The van der Waals surface area contributed by atoms with E-state index in [1.54, 1.807) is 0 Å². The number of halogens is 3. The number of pyridine rings is 1. The predicted octanol–water partition coefficient (Wildman–Crippen LogP) is 2.69. The molecule has 0 atom stereocenters. The number of nitrogens with one attached hydrogen (secondary N) is 1. The number of benzene rings is 1. The summed E-state index contributed by atoms with van der Waals surface area (Å²) >= 11 is 0. The molecule has 2 aromatic rings. The molecule has 158 valence electrons. The number of hydrogen-bond donors (Lipinski definition) is 1. The molecule has 0 saturated carbocycles. The van der Waals surface area contributed by atoms with E-state index >= 15 is 0 Å². The molecule has 0 aliphatic carbocycles. The summed E-state index contributed by atoms with van der Waals surface area (Å²) in [6, 6.07) is 5.56. The van der Waals surface area contributed by atoms with Gasteiger partial charge in [-0.15, -0.1) is 0 Å². The molecule has 1 heterocycles. The van der Waals surface area contributed by atoms with Crippen LogP contribution < -0.4 is 5.32 Å². The molecule has 0 saturated heterocycles. The molecule has 0 unspecified atom stereocenters. The molecule has 0 aliphatic rings. The van der Waals surface area contributed by atoms with Crippen LogP contribution in [0.1, 0.15) is 19.4 Å². The minimum absolute atomic E-state index is 0.105. The average molecular weight is 450 g/mol. The third kappa shape index (κ3) is 4.75. The topological polar surface area (TPSA) is 110 Å². The van der Waals surface area contributed by atoms with Gasteiger partial charge in [-0.25, -0.2) is 21.8 Å². The molecule has 1 amide bonds. The van der Waals surface area contributed by atoms with Crippen LogP contribution >= 0.6 is 0 Å². The molecule has 2 rings (SSSR count). The van der Waals surface area contributed by atoms with E-state index in [2.05, 4.69) is 10.3 Å². The molecule has 0 spiro atoms. The smallest absolute Gasteiger partial charge is 0.309 e. The molecule has 7 nitrogen and oxygen atoms in total. The fourth-order valence-corrected chi connectivity index (χ4v) is 4.23. The quantitative estimate of drug-likeness (QED) is 0.750. The van der Waals surface area contributed by atoms with Crippen LogP contribution in [-0.4, -0.2) is 38.7 Å². The van der Waals surface area contributed by atoms with Gasteiger partial charge in [-0.05, 0) is 50.2 Å². The highest BCUT2D eigenvalue weighted by atomic mass is 32.2. The van der Waals surface area contributed by atoms with Crippen molar-refractivity contribution < 1.29 is 34.8 Å². The zero-order valence-corrected chi connectivity index (χ0v) is 17.1. The van der Waals surface area contributed by atoms with Gasteiger partial charge in [0.15, 0.2) is 19.7 Å². The molecular weight excluding hydrogens is 433 g/mol. The number of carbonyl (C=O) groups excluding carboxylic acids is 1. The number of hydrogen-bond acceptors (Lipinski definition) is 6. The van der Waals surface area contributed by atoms with Crippen molar-refractivity contribution in [1.29, 1.82) is 0 Å². The molecule has 1 aromatic carbocycles. The van der Waals surface area contributed by atoms with Crippen molar-refractivity contribution in [1.82, 2.24) is 4.98 Å². The Morgan fingerprint density at radius 1 is 0.966 bits per heavy atom. The van der Waals surface area contributed by atoms with Gasteiger partial charge in [-0.3, -0.25) is 4.79 Å². The molecule has 0 radical (unpaired) electrons. The van der Waals surface area contributed by atoms with E-state index in [0.717, 1.165) is 50.6 Å². The lowest BCUT2D eigenvalue weighted by Crippen LogP contribution is -2.44. The van der Waals surface area contributed by atoms with E-state index in [4.69, 9.17) is 0 Å². The molecule has 12 heteroatoms. The standard InChI is InChI=1S/C17H17F3N2O5S2/c1-16(2,15(23)22-14-10-11(8-9-21-14)17(18,19)20)29(26,27)13-6-4-12(5-7-13)28(3,24)25/h4-10H,1-3H3,(H,21,22,23). The fourth-order valence-electron chi connectivity index (χ4n) is 2.22. The van der Waals surface area contributed by atoms with Gasteiger partial charge in [0, 0.05) is 12.5 Å². The SMILES string of the molecule is CC(C)(C(=O)Nc1cc(C(F)(F)F)ccn1)S(=O)(=O)c1ccc(S(C)(=O)=O)cc1. The number of nitrogens with zero attached hydrogens (tertiary/aromatic N) is 1. The minimum atomic E-state index is -4.66. The number of amides is 1. The normalized spacial score (nSPS) is 13.2. The van der Waals surface area contributed by atoms with Crippen molar-refractivity contribution in [3.8, 4) is 0 Å². The zero-order valence-electron chi connectivity index (χ0n) is 15.5. The third-order valence-corrected chi connectivity index (χ3v) is 7.66. The lowest BCUT2D eigenvalue weighted by molar-refractivity contribution is -0.137. The highest BCUT2D eigenvalue weighted by Gasteiger charge is 2.43. The first-order valence-electron chi connectivity index (χ1n) is 7.96. The van der Waals surface area contributed by atoms with Gasteiger partial charge in [0.1, 0.15) is 10.6 Å². The second-order valence-electron chi connectivity index (χ2n) is 6.64. The van der Waals surface area contributed by atoms with Gasteiger partial charge >= 0.3 is 6.18 Å². The Morgan fingerprint density at radius 3 is 1.97 bits per heavy atom. The van der Waals surface area contributed by atoms with Crippen LogP contribution in [0.15, 0.2) is 52.4 Å². The van der Waals surface area contributed by atoms with Crippen LogP contribution in [-0.2, 0) is 30.6 Å². The summed E-state index contributed by atoms with van der Waals surface area (Å²) in [6.45, 7) is 2.16. The van der Waals surface area contributed by atoms with Crippen molar-refractivity contribution in [2.45, 2.75) is 34.6 Å². The number of carbonyl (C=O) groups is 1. The lowest BCUT2D eigenvalue weighted by Gasteiger charge is -2.24. The highest BCUT2D eigenvalue weighted by molar-refractivity contribution is 7.93. The Morgan fingerprint density at radius 2 is 1.48 bits per heavy atom. The Labute approximate surface area is 165 Å². The molecule has 29 heavy (non-hydrogen) atoms. The van der Waals surface area contributed by atoms with E-state index in [0.29, 0.717) is 12.1 Å². The first-order chi connectivity index (χ1) is 13.1. The van der Waals surface area contributed by atoms with Crippen molar-refractivity contribution >= 4 is 31.4 Å². The van der Waals surface area contributed by atoms with E-state index in [1.165, 1.54) is 0 Å². The zero-order chi connectivity index (χ0) is 22.3. The fraction of sp³-hybridized carbons (Fsp3) is 0.294. The maximum Gasteiger partial charge on any atom is 0.416 e. The molecular formula is C17H17F3N2O5S2. The van der Waals surface area contributed by atoms with E-state index in [9.17, 15) is 34.8 Å². The summed E-state index contributed by atoms with van der Waals surface area (Å²) in [5, 5.41) is 2.08. The lowest BCUT2D eigenvalue weighted by atomic mass is 10.2. The first kappa shape index (κ1) is 22.8. The Bertz CT molecular complexity index is 1140. The monoisotopic (exact) mass is 450 g/mol. The van der Waals surface area contributed by atoms with Crippen LogP contribution in [0.3, 0.4) is 0 Å². The maximum atomic E-state index is 12.9. The summed E-state index contributed by atoms with van der Waals surface area (Å²) in [6.07, 6.45) is -2.87. The second kappa shape index (κ2) is 7.41. The average Bonchev–Trinajstić information content (AvgIpc) is 2.60. The molecule has 1 aromatic heterocycles. The second-order valence-corrected chi connectivity index (χ2v) is 11.2. The summed E-state index contributed by atoms with van der Waals surface area (Å²) in [5.41, 5.74) is -1.06. The molecule has 1 N–H and O–H groups in total. The van der Waals surface area contributed by atoms with Crippen LogP contribution in [0.25, 0.3) is 0 Å². The van der Waals surface area contributed by atoms with Crippen LogP contribution in [0.2, 0.25) is 0 Å². The Kier molecular flexibility index (Phi) is 5.83. The summed E-state index contributed by atoms with van der Waals surface area (Å²) in [7, 11) is -7.86. The van der Waals surface area contributed by atoms with Gasteiger partial charge in [0.25, 0.3) is 0 Å². The molecule has 0 aliphatic heterocycles. The van der Waals surface area contributed by atoms with Crippen molar-refractivity contribution in [3.05, 3.63) is 48.2 Å².